The number of likely N-dealkylation sites (N-methyl/N-ethyl adjacent to an activating group) is 1. The number of hydrogen-bond donors (Lipinski definition) is 0. The number of hydrogen-bond acceptors (Lipinski definition) is 4. The van der Waals surface area contributed by atoms with Gasteiger partial charge < -0.3 is 4.74 Å². The number of nitrogens with zero attached hydrogens (tertiary/aromatic N) is 2. The van der Waals surface area contributed by atoms with E-state index in [0.29, 0.717) is 0 Å². The minimum atomic E-state index is 0.269. The van der Waals surface area contributed by atoms with Gasteiger partial charge >= 0.3 is 0 Å². The van der Waals surface area contributed by atoms with E-state index < -0.39 is 0 Å². The molecule has 0 N–H and O–H groups in total. The summed E-state index contributed by atoms with van der Waals surface area (Å²) < 4.78 is 5.94. The van der Waals surface area contributed by atoms with Crippen molar-refractivity contribution in [2.45, 2.75) is 19.1 Å². The average Bonchev–Trinajstić information content (AvgIpc) is 2.96. The molecule has 1 aromatic heterocycles. The zero-order valence-electron chi connectivity index (χ0n) is 10.4. The fourth-order valence-corrected chi connectivity index (χ4v) is 2.91. The molecule has 3 nitrogen and oxygen atoms in total. The van der Waals surface area contributed by atoms with Gasteiger partial charge in [-0.1, -0.05) is 18.2 Å². The molecule has 0 amide bonds. The third-order valence-corrected chi connectivity index (χ3v) is 3.78. The van der Waals surface area contributed by atoms with Gasteiger partial charge in [-0.2, -0.15) is 0 Å². The Labute approximate surface area is 111 Å². The number of thiazole rings is 1. The van der Waals surface area contributed by atoms with Crippen LogP contribution in [0.1, 0.15) is 11.3 Å². The van der Waals surface area contributed by atoms with Gasteiger partial charge in [0.05, 0.1) is 11.2 Å². The third-order valence-electron chi connectivity index (χ3n) is 3.14. The van der Waals surface area contributed by atoms with Crippen molar-refractivity contribution < 1.29 is 4.74 Å². The molecule has 3 rings (SSSR count). The van der Waals surface area contributed by atoms with Crippen LogP contribution in [0.2, 0.25) is 0 Å². The molecule has 0 bridgehead atoms. The Balaban J connectivity index is 1.56. The van der Waals surface area contributed by atoms with Crippen LogP contribution in [0.3, 0.4) is 0 Å². The SMILES string of the molecule is CN(Cc1cscn1)C[C@@H]1Cc2ccccc2O1. The normalized spacial score (nSPS) is 17.8. The van der Waals surface area contributed by atoms with Gasteiger partial charge in [0.1, 0.15) is 11.9 Å². The molecule has 0 unspecified atom stereocenters. The van der Waals surface area contributed by atoms with Gasteiger partial charge in [0, 0.05) is 24.9 Å². The lowest BCUT2D eigenvalue weighted by molar-refractivity contribution is 0.164. The van der Waals surface area contributed by atoms with Crippen LogP contribution >= 0.6 is 11.3 Å². The topological polar surface area (TPSA) is 25.4 Å². The predicted molar refractivity (Wildman–Crippen MR) is 73.0 cm³/mol. The number of rotatable bonds is 4. The Morgan fingerprint density at radius 3 is 3.11 bits per heavy atom. The summed E-state index contributed by atoms with van der Waals surface area (Å²) >= 11 is 1.65. The van der Waals surface area contributed by atoms with E-state index >= 15 is 0 Å². The number of ether oxygens (including phenoxy) is 1. The van der Waals surface area contributed by atoms with Gasteiger partial charge in [-0.3, -0.25) is 4.90 Å². The Morgan fingerprint density at radius 2 is 2.33 bits per heavy atom. The predicted octanol–water partition coefficient (Wildman–Crippen LogP) is 2.58. The van der Waals surface area contributed by atoms with Crippen molar-refractivity contribution in [1.82, 2.24) is 9.88 Å². The minimum Gasteiger partial charge on any atom is -0.488 e. The first-order valence-corrected chi connectivity index (χ1v) is 7.06. The van der Waals surface area contributed by atoms with E-state index in [2.05, 4.69) is 40.5 Å². The molecular formula is C14H16N2OS. The quantitative estimate of drug-likeness (QED) is 0.845. The van der Waals surface area contributed by atoms with Crippen molar-refractivity contribution in [1.29, 1.82) is 0 Å². The van der Waals surface area contributed by atoms with E-state index in [4.69, 9.17) is 4.74 Å². The molecule has 0 saturated carbocycles. The van der Waals surface area contributed by atoms with Crippen molar-refractivity contribution in [3.8, 4) is 5.75 Å². The van der Waals surface area contributed by atoms with Crippen LogP contribution in [0.15, 0.2) is 35.2 Å². The van der Waals surface area contributed by atoms with Crippen molar-refractivity contribution >= 4 is 11.3 Å². The van der Waals surface area contributed by atoms with Crippen LogP contribution in [-0.4, -0.2) is 29.6 Å². The molecule has 2 heterocycles. The molecule has 1 atom stereocenters. The van der Waals surface area contributed by atoms with Gasteiger partial charge in [-0.15, -0.1) is 11.3 Å². The van der Waals surface area contributed by atoms with Gasteiger partial charge in [0.25, 0.3) is 0 Å². The van der Waals surface area contributed by atoms with Crippen LogP contribution < -0.4 is 4.74 Å². The van der Waals surface area contributed by atoms with E-state index in [-0.39, 0.29) is 6.10 Å². The molecule has 0 saturated heterocycles. The first-order valence-electron chi connectivity index (χ1n) is 6.11. The first-order chi connectivity index (χ1) is 8.81. The fourth-order valence-electron chi connectivity index (χ4n) is 2.36. The summed E-state index contributed by atoms with van der Waals surface area (Å²) in [5.74, 6) is 1.05. The van der Waals surface area contributed by atoms with Gasteiger partial charge in [-0.25, -0.2) is 4.98 Å². The number of fused-ring (bicyclic) bond motifs is 1. The van der Waals surface area contributed by atoms with Crippen molar-refractivity contribution in [3.05, 3.63) is 46.4 Å². The lowest BCUT2D eigenvalue weighted by Crippen LogP contribution is -2.31. The second kappa shape index (κ2) is 5.08. The highest BCUT2D eigenvalue weighted by Crippen LogP contribution is 2.28. The fraction of sp³-hybridized carbons (Fsp3) is 0.357. The molecule has 0 radical (unpaired) electrons. The molecular weight excluding hydrogens is 244 g/mol. The molecule has 18 heavy (non-hydrogen) atoms. The molecule has 4 heteroatoms. The summed E-state index contributed by atoms with van der Waals surface area (Å²) in [6.45, 7) is 1.83. The van der Waals surface area contributed by atoms with Crippen molar-refractivity contribution in [3.63, 3.8) is 0 Å². The number of benzene rings is 1. The Kier molecular flexibility index (Phi) is 3.30. The molecule has 0 fully saturated rings. The second-order valence-corrected chi connectivity index (χ2v) is 5.45. The lowest BCUT2D eigenvalue weighted by Gasteiger charge is -2.19. The van der Waals surface area contributed by atoms with Crippen molar-refractivity contribution in [2.75, 3.05) is 13.6 Å². The third kappa shape index (κ3) is 2.54. The zero-order chi connectivity index (χ0) is 12.4. The summed E-state index contributed by atoms with van der Waals surface area (Å²) in [5, 5.41) is 2.10. The molecule has 94 valence electrons. The van der Waals surface area contributed by atoms with E-state index in [1.807, 2.05) is 11.6 Å². The largest absolute Gasteiger partial charge is 0.488 e. The number of aromatic nitrogens is 1. The van der Waals surface area contributed by atoms with Gasteiger partial charge in [0.2, 0.25) is 0 Å². The first kappa shape index (κ1) is 11.7. The Morgan fingerprint density at radius 1 is 1.44 bits per heavy atom. The van der Waals surface area contributed by atoms with E-state index in [1.54, 1.807) is 11.3 Å². The zero-order valence-corrected chi connectivity index (χ0v) is 11.2. The molecule has 1 aliphatic rings. The molecule has 1 aromatic carbocycles. The smallest absolute Gasteiger partial charge is 0.123 e. The molecule has 2 aromatic rings. The van der Waals surface area contributed by atoms with Gasteiger partial charge in [0.15, 0.2) is 0 Å². The highest BCUT2D eigenvalue weighted by molar-refractivity contribution is 7.07. The molecule has 1 aliphatic heterocycles. The summed E-state index contributed by atoms with van der Waals surface area (Å²) in [4.78, 5) is 6.58. The standard InChI is InChI=1S/C14H16N2OS/c1-16(7-12-9-18-10-15-12)8-13-6-11-4-2-3-5-14(11)17-13/h2-5,9-10,13H,6-8H2,1H3/t13-/m0/s1. The highest BCUT2D eigenvalue weighted by Gasteiger charge is 2.23. The maximum Gasteiger partial charge on any atom is 0.123 e. The van der Waals surface area contributed by atoms with E-state index in [1.165, 1.54) is 5.56 Å². The highest BCUT2D eigenvalue weighted by atomic mass is 32.1. The van der Waals surface area contributed by atoms with E-state index in [9.17, 15) is 0 Å². The Bertz CT molecular complexity index is 487. The monoisotopic (exact) mass is 260 g/mol. The summed E-state index contributed by atoms with van der Waals surface area (Å²) in [6.07, 6.45) is 1.28. The van der Waals surface area contributed by atoms with Gasteiger partial charge in [-0.05, 0) is 18.7 Å². The summed E-state index contributed by atoms with van der Waals surface area (Å²) in [5.41, 5.74) is 4.34. The maximum atomic E-state index is 5.94. The lowest BCUT2D eigenvalue weighted by atomic mass is 10.1. The molecule has 0 aliphatic carbocycles. The van der Waals surface area contributed by atoms with Crippen LogP contribution in [0.25, 0.3) is 0 Å². The van der Waals surface area contributed by atoms with Crippen LogP contribution in [-0.2, 0) is 13.0 Å². The second-order valence-electron chi connectivity index (χ2n) is 4.73. The Hall–Kier alpha value is -1.39. The molecule has 0 spiro atoms. The average molecular weight is 260 g/mol. The maximum absolute atomic E-state index is 5.94. The van der Waals surface area contributed by atoms with Crippen LogP contribution in [0.5, 0.6) is 5.75 Å². The van der Waals surface area contributed by atoms with Crippen LogP contribution in [0.4, 0.5) is 0 Å². The summed E-state index contributed by atoms with van der Waals surface area (Å²) in [7, 11) is 2.12. The van der Waals surface area contributed by atoms with E-state index in [0.717, 1.165) is 31.0 Å². The van der Waals surface area contributed by atoms with Crippen molar-refractivity contribution in [2.24, 2.45) is 0 Å². The van der Waals surface area contributed by atoms with Crippen LogP contribution in [0, 0.1) is 0 Å². The number of para-hydroxylation sites is 1. The minimum absolute atomic E-state index is 0.269. The summed E-state index contributed by atoms with van der Waals surface area (Å²) in [6, 6.07) is 8.30.